The zero-order chi connectivity index (χ0) is 21.2. The summed E-state index contributed by atoms with van der Waals surface area (Å²) in [6, 6.07) is 13.7. The lowest BCUT2D eigenvalue weighted by Gasteiger charge is -2.19. The SMILES string of the molecule is O=S(=O)(NC1CC1)c1ccc(S(=O)(=O)NC(Cn2cncn2)c2ccccc2)cc1. The van der Waals surface area contributed by atoms with Gasteiger partial charge in [0.25, 0.3) is 0 Å². The highest BCUT2D eigenvalue weighted by molar-refractivity contribution is 7.90. The number of hydrogen-bond donors (Lipinski definition) is 2. The van der Waals surface area contributed by atoms with Gasteiger partial charge in [0.15, 0.2) is 0 Å². The summed E-state index contributed by atoms with van der Waals surface area (Å²) >= 11 is 0. The van der Waals surface area contributed by atoms with Gasteiger partial charge in [-0.15, -0.1) is 0 Å². The normalized spacial score (nSPS) is 15.7. The fraction of sp³-hybridized carbons (Fsp3) is 0.263. The van der Waals surface area contributed by atoms with Crippen molar-refractivity contribution in [2.45, 2.75) is 41.3 Å². The van der Waals surface area contributed by atoms with Crippen LogP contribution in [0, 0.1) is 0 Å². The molecule has 158 valence electrons. The fourth-order valence-corrected chi connectivity index (χ4v) is 5.47. The number of nitrogens with one attached hydrogen (secondary N) is 2. The van der Waals surface area contributed by atoms with Crippen molar-refractivity contribution in [2.24, 2.45) is 0 Å². The highest BCUT2D eigenvalue weighted by Crippen LogP contribution is 2.23. The molecule has 1 aromatic heterocycles. The first-order valence-electron chi connectivity index (χ1n) is 9.36. The molecule has 1 aliphatic carbocycles. The molecule has 0 aliphatic heterocycles. The number of aromatic nitrogens is 3. The Labute approximate surface area is 175 Å². The number of hydrogen-bond acceptors (Lipinski definition) is 6. The van der Waals surface area contributed by atoms with Crippen LogP contribution in [0.25, 0.3) is 0 Å². The van der Waals surface area contributed by atoms with Crippen LogP contribution in [0.5, 0.6) is 0 Å². The molecule has 1 saturated carbocycles. The van der Waals surface area contributed by atoms with E-state index in [1.807, 2.05) is 30.3 Å². The van der Waals surface area contributed by atoms with Crippen molar-refractivity contribution in [3.8, 4) is 0 Å². The molecule has 4 rings (SSSR count). The largest absolute Gasteiger partial charge is 0.251 e. The maximum Gasteiger partial charge on any atom is 0.241 e. The summed E-state index contributed by atoms with van der Waals surface area (Å²) in [7, 11) is -7.55. The average molecular weight is 448 g/mol. The Kier molecular flexibility index (Phi) is 5.69. The number of benzene rings is 2. The molecule has 1 atom stereocenters. The van der Waals surface area contributed by atoms with E-state index in [2.05, 4.69) is 19.5 Å². The Morgan fingerprint density at radius 1 is 0.933 bits per heavy atom. The summed E-state index contributed by atoms with van der Waals surface area (Å²) in [6.45, 7) is 0.251. The van der Waals surface area contributed by atoms with Gasteiger partial charge in [-0.2, -0.15) is 5.10 Å². The van der Waals surface area contributed by atoms with Crippen molar-refractivity contribution in [1.29, 1.82) is 0 Å². The van der Waals surface area contributed by atoms with Crippen molar-refractivity contribution in [3.05, 3.63) is 72.8 Å². The standard InChI is InChI=1S/C19H21N5O4S2/c25-29(26,22-16-6-7-16)17-8-10-18(11-9-17)30(27,28)23-19(12-24-14-20-13-21-24)15-4-2-1-3-5-15/h1-5,8-11,13-14,16,19,22-23H,6-7,12H2. The maximum atomic E-state index is 13.0. The minimum absolute atomic E-state index is 0.0209. The lowest BCUT2D eigenvalue weighted by Crippen LogP contribution is -2.32. The molecule has 0 amide bonds. The molecular weight excluding hydrogens is 426 g/mol. The van der Waals surface area contributed by atoms with E-state index in [1.54, 1.807) is 4.68 Å². The molecular formula is C19H21N5O4S2. The second kappa shape index (κ2) is 8.26. The molecule has 1 unspecified atom stereocenters. The number of rotatable bonds is 9. The molecule has 0 saturated heterocycles. The van der Waals surface area contributed by atoms with Crippen molar-refractivity contribution < 1.29 is 16.8 Å². The molecule has 1 heterocycles. The van der Waals surface area contributed by atoms with Gasteiger partial charge in [0, 0.05) is 6.04 Å². The molecule has 9 nitrogen and oxygen atoms in total. The topological polar surface area (TPSA) is 123 Å². The van der Waals surface area contributed by atoms with E-state index in [0.29, 0.717) is 0 Å². The Hall–Kier alpha value is -2.60. The van der Waals surface area contributed by atoms with Crippen LogP contribution in [0.15, 0.2) is 77.0 Å². The molecule has 1 fully saturated rings. The molecule has 3 aromatic rings. The van der Waals surface area contributed by atoms with Crippen molar-refractivity contribution in [1.82, 2.24) is 24.2 Å². The van der Waals surface area contributed by atoms with Crippen LogP contribution in [-0.4, -0.2) is 37.6 Å². The van der Waals surface area contributed by atoms with E-state index < -0.39 is 26.1 Å². The van der Waals surface area contributed by atoms with Crippen LogP contribution in [0.3, 0.4) is 0 Å². The smallest absolute Gasteiger partial charge is 0.241 e. The van der Waals surface area contributed by atoms with Gasteiger partial charge in [0.05, 0.1) is 22.4 Å². The first-order chi connectivity index (χ1) is 14.3. The molecule has 2 N–H and O–H groups in total. The summed E-state index contributed by atoms with van der Waals surface area (Å²) in [5, 5.41) is 4.05. The zero-order valence-corrected chi connectivity index (χ0v) is 17.6. The molecule has 0 spiro atoms. The Morgan fingerprint density at radius 2 is 1.57 bits per heavy atom. The summed E-state index contributed by atoms with van der Waals surface area (Å²) in [6.07, 6.45) is 4.53. The van der Waals surface area contributed by atoms with Crippen LogP contribution in [-0.2, 0) is 26.6 Å². The zero-order valence-electron chi connectivity index (χ0n) is 15.9. The molecule has 0 radical (unpaired) electrons. The minimum atomic E-state index is -3.91. The second-order valence-corrected chi connectivity index (χ2v) is 10.5. The van der Waals surface area contributed by atoms with E-state index in [4.69, 9.17) is 0 Å². The van der Waals surface area contributed by atoms with Crippen LogP contribution < -0.4 is 9.44 Å². The van der Waals surface area contributed by atoms with E-state index in [9.17, 15) is 16.8 Å². The summed E-state index contributed by atoms with van der Waals surface area (Å²) in [5.74, 6) is 0. The Morgan fingerprint density at radius 3 is 2.13 bits per heavy atom. The molecule has 11 heteroatoms. The lowest BCUT2D eigenvalue weighted by atomic mass is 10.1. The van der Waals surface area contributed by atoms with E-state index >= 15 is 0 Å². The monoisotopic (exact) mass is 447 g/mol. The molecule has 0 bridgehead atoms. The first kappa shape index (κ1) is 20.7. The van der Waals surface area contributed by atoms with E-state index in [0.717, 1.165) is 18.4 Å². The highest BCUT2D eigenvalue weighted by Gasteiger charge is 2.28. The van der Waals surface area contributed by atoms with Gasteiger partial charge >= 0.3 is 0 Å². The molecule has 1 aliphatic rings. The third kappa shape index (κ3) is 4.93. The Balaban J connectivity index is 1.56. The first-order valence-corrected chi connectivity index (χ1v) is 12.3. The lowest BCUT2D eigenvalue weighted by molar-refractivity contribution is 0.482. The van der Waals surface area contributed by atoms with Gasteiger partial charge in [-0.05, 0) is 42.7 Å². The van der Waals surface area contributed by atoms with Gasteiger partial charge in [0.2, 0.25) is 20.0 Å². The van der Waals surface area contributed by atoms with E-state index in [1.165, 1.54) is 36.9 Å². The fourth-order valence-electron chi connectivity index (χ4n) is 2.95. The number of sulfonamides is 2. The third-order valence-electron chi connectivity index (χ3n) is 4.68. The van der Waals surface area contributed by atoms with Gasteiger partial charge in [-0.25, -0.2) is 31.3 Å². The maximum absolute atomic E-state index is 13.0. The van der Waals surface area contributed by atoms with Crippen LogP contribution >= 0.6 is 0 Å². The summed E-state index contributed by atoms with van der Waals surface area (Å²) < 4.78 is 57.3. The van der Waals surface area contributed by atoms with Crippen LogP contribution in [0.1, 0.15) is 24.4 Å². The van der Waals surface area contributed by atoms with Gasteiger partial charge in [0.1, 0.15) is 12.7 Å². The highest BCUT2D eigenvalue weighted by atomic mass is 32.2. The van der Waals surface area contributed by atoms with Crippen LogP contribution in [0.4, 0.5) is 0 Å². The molecule has 30 heavy (non-hydrogen) atoms. The van der Waals surface area contributed by atoms with Crippen molar-refractivity contribution >= 4 is 20.0 Å². The van der Waals surface area contributed by atoms with Crippen LogP contribution in [0.2, 0.25) is 0 Å². The minimum Gasteiger partial charge on any atom is -0.251 e. The van der Waals surface area contributed by atoms with Gasteiger partial charge in [-0.1, -0.05) is 30.3 Å². The van der Waals surface area contributed by atoms with Crippen molar-refractivity contribution in [2.75, 3.05) is 0 Å². The predicted molar refractivity (Wildman–Crippen MR) is 109 cm³/mol. The molecule has 2 aromatic carbocycles. The summed E-state index contributed by atoms with van der Waals surface area (Å²) in [5.41, 5.74) is 0.768. The average Bonchev–Trinajstić information content (AvgIpc) is 3.38. The Bertz CT molecular complexity index is 1190. The van der Waals surface area contributed by atoms with Gasteiger partial charge < -0.3 is 0 Å². The van der Waals surface area contributed by atoms with Gasteiger partial charge in [-0.3, -0.25) is 4.68 Å². The quantitative estimate of drug-likeness (QED) is 0.512. The number of nitrogens with zero attached hydrogens (tertiary/aromatic N) is 3. The predicted octanol–water partition coefficient (Wildman–Crippen LogP) is 1.44. The second-order valence-electron chi connectivity index (χ2n) is 7.07. The third-order valence-corrected chi connectivity index (χ3v) is 7.70. The van der Waals surface area contributed by atoms with Crippen molar-refractivity contribution in [3.63, 3.8) is 0 Å². The van der Waals surface area contributed by atoms with E-state index in [-0.39, 0.29) is 22.4 Å². The summed E-state index contributed by atoms with van der Waals surface area (Å²) in [4.78, 5) is 3.91.